The molecule has 3 rings (SSSR count). The normalized spacial score (nSPS) is 32.7. The van der Waals surface area contributed by atoms with E-state index in [0.29, 0.717) is 18.1 Å². The van der Waals surface area contributed by atoms with Gasteiger partial charge in [0.1, 0.15) is 5.03 Å². The van der Waals surface area contributed by atoms with Crippen LogP contribution < -0.4 is 0 Å². The van der Waals surface area contributed by atoms with E-state index in [2.05, 4.69) is 0 Å². The second-order valence-corrected chi connectivity index (χ2v) is 6.81. The van der Waals surface area contributed by atoms with E-state index in [0.717, 1.165) is 0 Å². The lowest BCUT2D eigenvalue weighted by Gasteiger charge is -2.19. The Labute approximate surface area is 100 Å². The number of hydrogen-bond acceptors (Lipinski definition) is 2. The summed E-state index contributed by atoms with van der Waals surface area (Å²) >= 11 is 0. The van der Waals surface area contributed by atoms with Gasteiger partial charge in [0.2, 0.25) is 0 Å². The number of fused-ring (bicyclic) bond motifs is 1. The lowest BCUT2D eigenvalue weighted by atomic mass is 10.3. The zero-order chi connectivity index (χ0) is 12.2. The van der Waals surface area contributed by atoms with Gasteiger partial charge in [0.25, 0.3) is 10.0 Å². The van der Waals surface area contributed by atoms with Gasteiger partial charge in [-0.3, -0.25) is 4.39 Å². The van der Waals surface area contributed by atoms with E-state index in [4.69, 9.17) is 0 Å². The monoisotopic (exact) mass is 258 g/mol. The predicted octanol–water partition coefficient (Wildman–Crippen LogP) is 0.861. The summed E-state index contributed by atoms with van der Waals surface area (Å²) in [6, 6.07) is 3.32. The first-order valence-electron chi connectivity index (χ1n) is 5.73. The highest BCUT2D eigenvalue weighted by Gasteiger charge is 2.58. The lowest BCUT2D eigenvalue weighted by molar-refractivity contribution is 0.359. The fraction of sp³-hybridized carbons (Fsp3) is 0.636. The van der Waals surface area contributed by atoms with Gasteiger partial charge in [0.05, 0.1) is 6.67 Å². The largest absolute Gasteiger partial charge is 0.341 e. The van der Waals surface area contributed by atoms with Gasteiger partial charge in [-0.15, -0.1) is 0 Å². The van der Waals surface area contributed by atoms with Crippen molar-refractivity contribution in [2.24, 2.45) is 24.8 Å². The summed E-state index contributed by atoms with van der Waals surface area (Å²) in [6.07, 6.45) is 1.72. The summed E-state index contributed by atoms with van der Waals surface area (Å²) in [4.78, 5) is 0. The molecular weight excluding hydrogens is 243 g/mol. The van der Waals surface area contributed by atoms with Crippen LogP contribution in [0.25, 0.3) is 0 Å². The first kappa shape index (κ1) is 11.2. The van der Waals surface area contributed by atoms with Gasteiger partial charge in [-0.05, 0) is 29.9 Å². The zero-order valence-electron chi connectivity index (χ0n) is 9.58. The van der Waals surface area contributed by atoms with E-state index in [9.17, 15) is 12.8 Å². The van der Waals surface area contributed by atoms with E-state index in [1.165, 1.54) is 4.31 Å². The van der Waals surface area contributed by atoms with E-state index < -0.39 is 10.0 Å². The third kappa shape index (κ3) is 1.54. The van der Waals surface area contributed by atoms with Gasteiger partial charge in [-0.1, -0.05) is 0 Å². The molecule has 1 unspecified atom stereocenters. The molecule has 2 aliphatic rings. The SMILES string of the molecule is Cn1cccc1S(=O)(=O)N1C[C@@H]2C(CF)[C@@H]2C1. The van der Waals surface area contributed by atoms with Crippen LogP contribution in [0.3, 0.4) is 0 Å². The van der Waals surface area contributed by atoms with Gasteiger partial charge in [0, 0.05) is 26.3 Å². The predicted molar refractivity (Wildman–Crippen MR) is 60.6 cm³/mol. The molecule has 0 bridgehead atoms. The van der Waals surface area contributed by atoms with Crippen molar-refractivity contribution < 1.29 is 12.8 Å². The molecule has 6 heteroatoms. The average molecular weight is 258 g/mol. The van der Waals surface area contributed by atoms with Crippen LogP contribution in [-0.2, 0) is 17.1 Å². The zero-order valence-corrected chi connectivity index (χ0v) is 10.4. The van der Waals surface area contributed by atoms with Gasteiger partial charge in [-0.25, -0.2) is 8.42 Å². The molecule has 0 amide bonds. The number of rotatable bonds is 3. The minimum atomic E-state index is -3.39. The van der Waals surface area contributed by atoms with Crippen LogP contribution in [-0.4, -0.2) is 37.1 Å². The van der Waals surface area contributed by atoms with Crippen LogP contribution in [0.2, 0.25) is 0 Å². The summed E-state index contributed by atoms with van der Waals surface area (Å²) in [5.74, 6) is 0.597. The second kappa shape index (κ2) is 3.55. The molecule has 2 fully saturated rings. The van der Waals surface area contributed by atoms with Crippen LogP contribution >= 0.6 is 0 Å². The third-order valence-corrected chi connectivity index (χ3v) is 5.95. The summed E-state index contributed by atoms with van der Waals surface area (Å²) in [6.45, 7) is 0.646. The van der Waals surface area contributed by atoms with Crippen molar-refractivity contribution in [3.63, 3.8) is 0 Å². The van der Waals surface area contributed by atoms with E-state index >= 15 is 0 Å². The van der Waals surface area contributed by atoms with E-state index in [-0.39, 0.29) is 24.4 Å². The van der Waals surface area contributed by atoms with Crippen molar-refractivity contribution in [2.45, 2.75) is 5.03 Å². The molecule has 0 radical (unpaired) electrons. The number of halogens is 1. The number of aromatic nitrogens is 1. The number of aryl methyl sites for hydroxylation is 1. The van der Waals surface area contributed by atoms with Crippen molar-refractivity contribution in [3.05, 3.63) is 18.3 Å². The summed E-state index contributed by atoms with van der Waals surface area (Å²) in [7, 11) is -1.67. The first-order chi connectivity index (χ1) is 8.05. The molecule has 17 heavy (non-hydrogen) atoms. The highest BCUT2D eigenvalue weighted by atomic mass is 32.2. The standard InChI is InChI=1S/C11H15FN2O2S/c1-13-4-2-3-11(13)17(15,16)14-6-9-8(5-12)10(9)7-14/h2-4,8-10H,5-7H2,1H3/t8?,9-,10+. The van der Waals surface area contributed by atoms with Crippen molar-refractivity contribution in [3.8, 4) is 0 Å². The molecule has 3 atom stereocenters. The van der Waals surface area contributed by atoms with Crippen molar-refractivity contribution >= 4 is 10.0 Å². The van der Waals surface area contributed by atoms with Crippen LogP contribution in [0.5, 0.6) is 0 Å². The van der Waals surface area contributed by atoms with Crippen LogP contribution in [0, 0.1) is 17.8 Å². The molecule has 94 valence electrons. The number of hydrogen-bond donors (Lipinski definition) is 0. The molecule has 2 heterocycles. The Kier molecular flexibility index (Phi) is 2.35. The summed E-state index contributed by atoms with van der Waals surface area (Å²) in [5.41, 5.74) is 0. The molecular formula is C11H15FN2O2S. The van der Waals surface area contributed by atoms with Gasteiger partial charge < -0.3 is 4.57 Å². The first-order valence-corrected chi connectivity index (χ1v) is 7.17. The Morgan fingerprint density at radius 2 is 2.06 bits per heavy atom. The molecule has 0 N–H and O–H groups in total. The van der Waals surface area contributed by atoms with Crippen molar-refractivity contribution in [1.29, 1.82) is 0 Å². The van der Waals surface area contributed by atoms with Crippen LogP contribution in [0.1, 0.15) is 0 Å². The van der Waals surface area contributed by atoms with Crippen molar-refractivity contribution in [1.82, 2.24) is 8.87 Å². The quantitative estimate of drug-likeness (QED) is 0.807. The van der Waals surface area contributed by atoms with Crippen molar-refractivity contribution in [2.75, 3.05) is 19.8 Å². The Morgan fingerprint density at radius 3 is 2.53 bits per heavy atom. The minimum Gasteiger partial charge on any atom is -0.341 e. The molecule has 1 aliphatic heterocycles. The maximum absolute atomic E-state index is 12.5. The fourth-order valence-corrected chi connectivity index (χ4v) is 4.56. The van der Waals surface area contributed by atoms with Gasteiger partial charge >= 0.3 is 0 Å². The van der Waals surface area contributed by atoms with Gasteiger partial charge in [0.15, 0.2) is 0 Å². The molecule has 1 aromatic heterocycles. The smallest absolute Gasteiger partial charge is 0.258 e. The fourth-order valence-electron chi connectivity index (χ4n) is 2.88. The van der Waals surface area contributed by atoms with E-state index in [1.54, 1.807) is 29.9 Å². The summed E-state index contributed by atoms with van der Waals surface area (Å²) < 4.78 is 40.2. The van der Waals surface area contributed by atoms with E-state index in [1.807, 2.05) is 0 Å². The highest BCUT2D eigenvalue weighted by molar-refractivity contribution is 7.89. The Balaban J connectivity index is 1.81. The average Bonchev–Trinajstić information content (AvgIpc) is 2.71. The molecule has 0 aromatic carbocycles. The Morgan fingerprint density at radius 1 is 1.41 bits per heavy atom. The molecule has 1 aromatic rings. The number of sulfonamides is 1. The second-order valence-electron chi connectivity index (χ2n) is 4.93. The third-order valence-electron chi connectivity index (χ3n) is 4.02. The molecule has 1 saturated carbocycles. The van der Waals surface area contributed by atoms with Gasteiger partial charge in [-0.2, -0.15) is 4.31 Å². The molecule has 4 nitrogen and oxygen atoms in total. The van der Waals surface area contributed by atoms with Crippen LogP contribution in [0.4, 0.5) is 4.39 Å². The lowest BCUT2D eigenvalue weighted by Crippen LogP contribution is -2.32. The maximum Gasteiger partial charge on any atom is 0.258 e. The van der Waals surface area contributed by atoms with Crippen LogP contribution in [0.15, 0.2) is 23.4 Å². The molecule has 1 aliphatic carbocycles. The minimum absolute atomic E-state index is 0.106. The Bertz CT molecular complexity index is 527. The topological polar surface area (TPSA) is 42.3 Å². The highest BCUT2D eigenvalue weighted by Crippen LogP contribution is 2.52. The maximum atomic E-state index is 12.5. The number of nitrogens with zero attached hydrogens (tertiary/aromatic N) is 2. The number of alkyl halides is 1. The molecule has 1 saturated heterocycles. The number of piperidine rings is 1. The molecule has 0 spiro atoms. The Hall–Kier alpha value is -0.880. The summed E-state index contributed by atoms with van der Waals surface area (Å²) in [5, 5.41) is 0.315.